The maximum atomic E-state index is 12.7. The quantitative estimate of drug-likeness (QED) is 0.652. The maximum absolute atomic E-state index is 12.7. The number of amides is 1. The Labute approximate surface area is 143 Å². The summed E-state index contributed by atoms with van der Waals surface area (Å²) in [5.41, 5.74) is -0.783. The number of carbonyl (C=O) groups excluding carboxylic acids is 1. The summed E-state index contributed by atoms with van der Waals surface area (Å²) in [7, 11) is 1.34. The van der Waals surface area contributed by atoms with E-state index in [0.717, 1.165) is 12.8 Å². The van der Waals surface area contributed by atoms with E-state index in [-0.39, 0.29) is 17.0 Å². The summed E-state index contributed by atoms with van der Waals surface area (Å²) in [4.78, 5) is 27.5. The molecule has 1 aliphatic carbocycles. The number of methoxy groups -OCH3 is 1. The van der Waals surface area contributed by atoms with Crippen LogP contribution in [0.3, 0.4) is 0 Å². The molecule has 0 bridgehead atoms. The van der Waals surface area contributed by atoms with Crippen molar-refractivity contribution in [1.29, 1.82) is 0 Å². The highest BCUT2D eigenvalue weighted by atomic mass is 16.6. The van der Waals surface area contributed by atoms with Gasteiger partial charge in [0.2, 0.25) is 5.89 Å². The van der Waals surface area contributed by atoms with Crippen molar-refractivity contribution in [2.24, 2.45) is 0 Å². The highest BCUT2D eigenvalue weighted by Crippen LogP contribution is 2.38. The molecular weight excluding hydrogens is 328 g/mol. The normalized spacial score (nSPS) is 15.8. The second-order valence-corrected chi connectivity index (χ2v) is 6.02. The van der Waals surface area contributed by atoms with Gasteiger partial charge in [-0.2, -0.15) is 4.98 Å². The van der Waals surface area contributed by atoms with Crippen LogP contribution in [-0.2, 0) is 5.54 Å². The van der Waals surface area contributed by atoms with E-state index in [9.17, 15) is 14.9 Å². The largest absolute Gasteiger partial charge is 0.490 e. The molecule has 1 N–H and O–H groups in total. The van der Waals surface area contributed by atoms with Crippen molar-refractivity contribution >= 4 is 11.6 Å². The molecule has 0 spiro atoms. The number of ether oxygens (including phenoxy) is 1. The van der Waals surface area contributed by atoms with Gasteiger partial charge in [0.1, 0.15) is 5.54 Å². The molecule has 1 fully saturated rings. The van der Waals surface area contributed by atoms with Gasteiger partial charge < -0.3 is 14.6 Å². The van der Waals surface area contributed by atoms with Crippen molar-refractivity contribution in [2.45, 2.75) is 38.1 Å². The summed E-state index contributed by atoms with van der Waals surface area (Å²) in [6.45, 7) is 1.69. The lowest BCUT2D eigenvalue weighted by molar-refractivity contribution is -0.385. The van der Waals surface area contributed by atoms with Gasteiger partial charge >= 0.3 is 5.69 Å². The predicted octanol–water partition coefficient (Wildman–Crippen LogP) is 2.49. The summed E-state index contributed by atoms with van der Waals surface area (Å²) in [5, 5.41) is 18.1. The molecule has 1 aromatic carbocycles. The number of nitro benzene ring substituents is 1. The zero-order chi connectivity index (χ0) is 18.0. The van der Waals surface area contributed by atoms with E-state index in [1.165, 1.54) is 25.3 Å². The molecule has 1 saturated carbocycles. The van der Waals surface area contributed by atoms with Gasteiger partial charge in [-0.25, -0.2) is 0 Å². The number of rotatable bonds is 5. The van der Waals surface area contributed by atoms with Gasteiger partial charge in [0.25, 0.3) is 5.91 Å². The summed E-state index contributed by atoms with van der Waals surface area (Å²) in [6, 6.07) is 4.11. The van der Waals surface area contributed by atoms with E-state index in [4.69, 9.17) is 9.26 Å². The third-order valence-electron chi connectivity index (χ3n) is 4.40. The van der Waals surface area contributed by atoms with E-state index < -0.39 is 16.4 Å². The Bertz CT molecular complexity index is 811. The van der Waals surface area contributed by atoms with Crippen molar-refractivity contribution in [3.63, 3.8) is 0 Å². The first-order valence-corrected chi connectivity index (χ1v) is 7.91. The molecule has 0 unspecified atom stereocenters. The molecule has 9 nitrogen and oxygen atoms in total. The minimum absolute atomic E-state index is 0.103. The van der Waals surface area contributed by atoms with Crippen LogP contribution in [0, 0.1) is 17.0 Å². The zero-order valence-electron chi connectivity index (χ0n) is 13.9. The standard InChI is InChI=1S/C16H18N4O5/c1-10-17-15(19-25-10)16(7-3-4-8-16)18-14(21)11-5-6-13(24-2)12(9-11)20(22)23/h5-6,9H,3-4,7-8H2,1-2H3,(H,18,21). The second kappa shape index (κ2) is 6.50. The third-order valence-corrected chi connectivity index (χ3v) is 4.40. The summed E-state index contributed by atoms with van der Waals surface area (Å²) < 4.78 is 10.0. The molecule has 1 amide bonds. The molecule has 1 aromatic heterocycles. The van der Waals surface area contributed by atoms with Crippen LogP contribution in [0.4, 0.5) is 5.69 Å². The molecular formula is C16H18N4O5. The Balaban J connectivity index is 1.90. The van der Waals surface area contributed by atoms with Gasteiger partial charge in [-0.1, -0.05) is 18.0 Å². The number of benzene rings is 1. The number of nitrogens with one attached hydrogen (secondary N) is 1. The first-order chi connectivity index (χ1) is 11.9. The van der Waals surface area contributed by atoms with Gasteiger partial charge in [-0.3, -0.25) is 14.9 Å². The fraction of sp³-hybridized carbons (Fsp3) is 0.438. The summed E-state index contributed by atoms with van der Waals surface area (Å²) in [6.07, 6.45) is 3.24. The monoisotopic (exact) mass is 346 g/mol. The van der Waals surface area contributed by atoms with E-state index in [0.29, 0.717) is 24.6 Å². The average molecular weight is 346 g/mol. The van der Waals surface area contributed by atoms with E-state index in [1.54, 1.807) is 6.92 Å². The number of hydrogen-bond acceptors (Lipinski definition) is 7. The summed E-state index contributed by atoms with van der Waals surface area (Å²) in [5.74, 6) is 0.551. The summed E-state index contributed by atoms with van der Waals surface area (Å²) >= 11 is 0. The Kier molecular flexibility index (Phi) is 4.39. The third kappa shape index (κ3) is 3.17. The Hall–Kier alpha value is -2.97. The van der Waals surface area contributed by atoms with Crippen molar-refractivity contribution in [2.75, 3.05) is 7.11 Å². The number of aromatic nitrogens is 2. The number of aryl methyl sites for hydroxylation is 1. The van der Waals surface area contributed by atoms with Crippen LogP contribution in [0.5, 0.6) is 5.75 Å². The van der Waals surface area contributed by atoms with Crippen molar-refractivity contribution in [1.82, 2.24) is 15.5 Å². The topological polar surface area (TPSA) is 120 Å². The number of carbonyl (C=O) groups is 1. The smallest absolute Gasteiger partial charge is 0.311 e. The fourth-order valence-corrected chi connectivity index (χ4v) is 3.14. The molecule has 0 atom stereocenters. The zero-order valence-corrected chi connectivity index (χ0v) is 13.9. The minimum atomic E-state index is -0.705. The molecule has 0 radical (unpaired) electrons. The van der Waals surface area contributed by atoms with Gasteiger partial charge in [-0.15, -0.1) is 0 Å². The van der Waals surface area contributed by atoms with E-state index in [1.807, 2.05) is 0 Å². The highest BCUT2D eigenvalue weighted by Gasteiger charge is 2.41. The van der Waals surface area contributed by atoms with Gasteiger partial charge in [-0.05, 0) is 25.0 Å². The molecule has 0 aliphatic heterocycles. The second-order valence-electron chi connectivity index (χ2n) is 6.02. The maximum Gasteiger partial charge on any atom is 0.311 e. The molecule has 25 heavy (non-hydrogen) atoms. The van der Waals surface area contributed by atoms with Gasteiger partial charge in [0.15, 0.2) is 11.6 Å². The lowest BCUT2D eigenvalue weighted by Gasteiger charge is -2.26. The van der Waals surface area contributed by atoms with Crippen LogP contribution >= 0.6 is 0 Å². The minimum Gasteiger partial charge on any atom is -0.490 e. The first kappa shape index (κ1) is 16.9. The van der Waals surface area contributed by atoms with Crippen LogP contribution in [0.2, 0.25) is 0 Å². The fourth-order valence-electron chi connectivity index (χ4n) is 3.14. The molecule has 132 valence electrons. The van der Waals surface area contributed by atoms with Crippen molar-refractivity contribution in [3.05, 3.63) is 45.6 Å². The molecule has 2 aromatic rings. The van der Waals surface area contributed by atoms with Crippen LogP contribution < -0.4 is 10.1 Å². The molecule has 3 rings (SSSR count). The molecule has 0 saturated heterocycles. The average Bonchev–Trinajstić information content (AvgIpc) is 3.24. The Morgan fingerprint density at radius 1 is 1.40 bits per heavy atom. The SMILES string of the molecule is COc1ccc(C(=O)NC2(c3noc(C)n3)CCCC2)cc1[N+](=O)[O-]. The van der Waals surface area contributed by atoms with Gasteiger partial charge in [0.05, 0.1) is 12.0 Å². The number of nitrogens with zero attached hydrogens (tertiary/aromatic N) is 3. The van der Waals surface area contributed by atoms with Crippen molar-refractivity contribution in [3.8, 4) is 5.75 Å². The highest BCUT2D eigenvalue weighted by molar-refractivity contribution is 5.95. The van der Waals surface area contributed by atoms with Crippen LogP contribution in [0.25, 0.3) is 0 Å². The predicted molar refractivity (Wildman–Crippen MR) is 86.3 cm³/mol. The number of hydrogen-bond donors (Lipinski definition) is 1. The van der Waals surface area contributed by atoms with E-state index >= 15 is 0 Å². The van der Waals surface area contributed by atoms with E-state index in [2.05, 4.69) is 15.5 Å². The van der Waals surface area contributed by atoms with Crippen LogP contribution in [0.15, 0.2) is 22.7 Å². The number of nitro groups is 1. The first-order valence-electron chi connectivity index (χ1n) is 7.91. The molecule has 9 heteroatoms. The molecule has 1 heterocycles. The lowest BCUT2D eigenvalue weighted by atomic mass is 9.95. The Morgan fingerprint density at radius 2 is 2.12 bits per heavy atom. The molecule has 1 aliphatic rings. The lowest BCUT2D eigenvalue weighted by Crippen LogP contribution is -2.44. The van der Waals surface area contributed by atoms with Crippen LogP contribution in [-0.4, -0.2) is 28.1 Å². The van der Waals surface area contributed by atoms with Crippen molar-refractivity contribution < 1.29 is 19.0 Å². The Morgan fingerprint density at radius 3 is 2.68 bits per heavy atom. The van der Waals surface area contributed by atoms with Gasteiger partial charge in [0, 0.05) is 18.6 Å². The van der Waals surface area contributed by atoms with Crippen LogP contribution in [0.1, 0.15) is 47.8 Å².